The van der Waals surface area contributed by atoms with Crippen LogP contribution in [-0.2, 0) is 6.42 Å². The predicted octanol–water partition coefficient (Wildman–Crippen LogP) is 6.86. The van der Waals surface area contributed by atoms with Crippen LogP contribution >= 0.6 is 0 Å². The molecular formula is C23H30N2. The molecule has 0 atom stereocenters. The Morgan fingerprint density at radius 3 is 2.20 bits per heavy atom. The lowest BCUT2D eigenvalue weighted by Gasteiger charge is -2.08. The Labute approximate surface area is 151 Å². The molecule has 25 heavy (non-hydrogen) atoms. The van der Waals surface area contributed by atoms with E-state index in [1.54, 1.807) is 0 Å². The van der Waals surface area contributed by atoms with E-state index in [0.717, 1.165) is 17.5 Å². The average molecular weight is 335 g/mol. The third-order valence-electron chi connectivity index (χ3n) is 5.12. The van der Waals surface area contributed by atoms with Gasteiger partial charge in [-0.05, 0) is 30.5 Å². The predicted molar refractivity (Wildman–Crippen MR) is 108 cm³/mol. The highest BCUT2D eigenvalue weighted by molar-refractivity contribution is 6.03. The number of pyridine rings is 2. The van der Waals surface area contributed by atoms with Crippen LogP contribution in [0.1, 0.15) is 70.3 Å². The first-order valence-electron chi connectivity index (χ1n) is 10.0. The van der Waals surface area contributed by atoms with Gasteiger partial charge >= 0.3 is 0 Å². The topological polar surface area (TPSA) is 25.8 Å². The van der Waals surface area contributed by atoms with Crippen molar-refractivity contribution in [2.75, 3.05) is 0 Å². The van der Waals surface area contributed by atoms with Crippen molar-refractivity contribution in [3.63, 3.8) is 0 Å². The summed E-state index contributed by atoms with van der Waals surface area (Å²) in [5.41, 5.74) is 3.49. The second kappa shape index (κ2) is 9.50. The lowest BCUT2D eigenvalue weighted by Crippen LogP contribution is -1.92. The molecule has 2 heteroatoms. The molecule has 2 aromatic heterocycles. The summed E-state index contributed by atoms with van der Waals surface area (Å²) in [7, 11) is 0. The number of benzene rings is 1. The molecule has 2 heterocycles. The summed E-state index contributed by atoms with van der Waals surface area (Å²) in [6.07, 6.45) is 17.3. The van der Waals surface area contributed by atoms with Gasteiger partial charge in [0.15, 0.2) is 0 Å². The van der Waals surface area contributed by atoms with Crippen molar-refractivity contribution >= 4 is 21.8 Å². The molecular weight excluding hydrogens is 304 g/mol. The first-order valence-corrected chi connectivity index (χ1v) is 10.0. The SMILES string of the molecule is CCCCCCCCCCCc1ccnc2c1ccc1cccnc12. The molecule has 0 N–H and O–H groups in total. The van der Waals surface area contributed by atoms with Crippen molar-refractivity contribution in [1.29, 1.82) is 0 Å². The van der Waals surface area contributed by atoms with E-state index in [9.17, 15) is 0 Å². The standard InChI is InChI=1S/C23H30N2/c1-2-3-4-5-6-7-8-9-10-12-19-16-18-25-23-21(19)15-14-20-13-11-17-24-22(20)23/h11,13-18H,2-10,12H2,1H3. The van der Waals surface area contributed by atoms with E-state index < -0.39 is 0 Å². The Morgan fingerprint density at radius 1 is 0.680 bits per heavy atom. The summed E-state index contributed by atoms with van der Waals surface area (Å²) in [5, 5.41) is 2.44. The van der Waals surface area contributed by atoms with Gasteiger partial charge in [-0.1, -0.05) is 76.5 Å². The second-order valence-corrected chi connectivity index (χ2v) is 7.09. The molecule has 0 saturated heterocycles. The molecule has 0 amide bonds. The number of nitrogens with zero attached hydrogens (tertiary/aromatic N) is 2. The van der Waals surface area contributed by atoms with Gasteiger partial charge in [-0.2, -0.15) is 0 Å². The molecule has 0 fully saturated rings. The van der Waals surface area contributed by atoms with Crippen LogP contribution in [0.4, 0.5) is 0 Å². The molecule has 0 radical (unpaired) electrons. The average Bonchev–Trinajstić information content (AvgIpc) is 2.66. The van der Waals surface area contributed by atoms with Crippen LogP contribution in [0.25, 0.3) is 21.8 Å². The van der Waals surface area contributed by atoms with Crippen LogP contribution in [0.2, 0.25) is 0 Å². The van der Waals surface area contributed by atoms with Crippen molar-refractivity contribution in [3.05, 3.63) is 48.3 Å². The van der Waals surface area contributed by atoms with E-state index in [2.05, 4.69) is 41.2 Å². The minimum atomic E-state index is 1.02. The van der Waals surface area contributed by atoms with Crippen LogP contribution in [0, 0.1) is 0 Å². The van der Waals surface area contributed by atoms with Gasteiger partial charge in [0.05, 0.1) is 11.0 Å². The van der Waals surface area contributed by atoms with Crippen LogP contribution in [0.3, 0.4) is 0 Å². The van der Waals surface area contributed by atoms with E-state index in [0.29, 0.717) is 0 Å². The smallest absolute Gasteiger partial charge is 0.0967 e. The highest BCUT2D eigenvalue weighted by Gasteiger charge is 2.06. The number of fused-ring (bicyclic) bond motifs is 3. The van der Waals surface area contributed by atoms with E-state index in [4.69, 9.17) is 0 Å². The van der Waals surface area contributed by atoms with Crippen LogP contribution in [-0.4, -0.2) is 9.97 Å². The number of hydrogen-bond acceptors (Lipinski definition) is 2. The van der Waals surface area contributed by atoms with Crippen molar-refractivity contribution in [2.24, 2.45) is 0 Å². The van der Waals surface area contributed by atoms with Crippen LogP contribution in [0.15, 0.2) is 42.7 Å². The maximum absolute atomic E-state index is 4.60. The van der Waals surface area contributed by atoms with Crippen molar-refractivity contribution in [3.8, 4) is 0 Å². The summed E-state index contributed by atoms with van der Waals surface area (Å²) >= 11 is 0. The number of rotatable bonds is 10. The van der Waals surface area contributed by atoms with Gasteiger partial charge in [0.1, 0.15) is 0 Å². The Bertz CT molecular complexity index is 794. The summed E-state index contributed by atoms with van der Waals surface area (Å²) < 4.78 is 0. The van der Waals surface area contributed by atoms with Gasteiger partial charge in [-0.25, -0.2) is 0 Å². The summed E-state index contributed by atoms with van der Waals surface area (Å²) in [6.45, 7) is 2.28. The van der Waals surface area contributed by atoms with Gasteiger partial charge in [-0.15, -0.1) is 0 Å². The van der Waals surface area contributed by atoms with Crippen LogP contribution < -0.4 is 0 Å². The highest BCUT2D eigenvalue weighted by Crippen LogP contribution is 2.25. The zero-order valence-electron chi connectivity index (χ0n) is 15.5. The molecule has 3 aromatic rings. The third-order valence-corrected chi connectivity index (χ3v) is 5.12. The fraction of sp³-hybridized carbons (Fsp3) is 0.478. The minimum absolute atomic E-state index is 1.02. The van der Waals surface area contributed by atoms with Crippen LogP contribution in [0.5, 0.6) is 0 Å². The molecule has 3 rings (SSSR count). The molecule has 1 aromatic carbocycles. The van der Waals surface area contributed by atoms with E-state index in [-0.39, 0.29) is 0 Å². The first kappa shape index (κ1) is 17.8. The molecule has 0 bridgehead atoms. The Morgan fingerprint density at radius 2 is 1.40 bits per heavy atom. The Balaban J connectivity index is 1.53. The van der Waals surface area contributed by atoms with Gasteiger partial charge in [0.2, 0.25) is 0 Å². The van der Waals surface area contributed by atoms with Gasteiger partial charge in [0.25, 0.3) is 0 Å². The van der Waals surface area contributed by atoms with E-state index in [1.807, 2.05) is 18.5 Å². The Hall–Kier alpha value is -1.96. The number of aryl methyl sites for hydroxylation is 1. The van der Waals surface area contributed by atoms with Gasteiger partial charge < -0.3 is 0 Å². The molecule has 132 valence electrons. The number of hydrogen-bond donors (Lipinski definition) is 0. The fourth-order valence-electron chi connectivity index (χ4n) is 3.66. The molecule has 0 saturated carbocycles. The maximum atomic E-state index is 4.60. The van der Waals surface area contributed by atoms with Crippen molar-refractivity contribution in [1.82, 2.24) is 9.97 Å². The third kappa shape index (κ3) is 4.78. The van der Waals surface area contributed by atoms with Crippen molar-refractivity contribution < 1.29 is 0 Å². The largest absolute Gasteiger partial charge is 0.254 e. The zero-order valence-corrected chi connectivity index (χ0v) is 15.5. The molecule has 0 spiro atoms. The molecule has 0 unspecified atom stereocenters. The molecule has 2 nitrogen and oxygen atoms in total. The van der Waals surface area contributed by atoms with Gasteiger partial charge in [-0.3, -0.25) is 9.97 Å². The quantitative estimate of drug-likeness (QED) is 0.299. The van der Waals surface area contributed by atoms with E-state index >= 15 is 0 Å². The summed E-state index contributed by atoms with van der Waals surface area (Å²) in [6, 6.07) is 10.7. The number of unbranched alkanes of at least 4 members (excludes halogenated alkanes) is 8. The number of aromatic nitrogens is 2. The zero-order chi connectivity index (χ0) is 17.3. The summed E-state index contributed by atoms with van der Waals surface area (Å²) in [5.74, 6) is 0. The lowest BCUT2D eigenvalue weighted by atomic mass is 10.0. The highest BCUT2D eigenvalue weighted by atomic mass is 14.7. The molecule has 0 aliphatic carbocycles. The Kier molecular flexibility index (Phi) is 6.79. The lowest BCUT2D eigenvalue weighted by molar-refractivity contribution is 0.565. The molecule has 0 aliphatic heterocycles. The second-order valence-electron chi connectivity index (χ2n) is 7.09. The van der Waals surface area contributed by atoms with Crippen molar-refractivity contribution in [2.45, 2.75) is 71.1 Å². The summed E-state index contributed by atoms with van der Waals surface area (Å²) in [4.78, 5) is 9.14. The molecule has 0 aliphatic rings. The van der Waals surface area contributed by atoms with Gasteiger partial charge in [0, 0.05) is 23.2 Å². The maximum Gasteiger partial charge on any atom is 0.0967 e. The monoisotopic (exact) mass is 334 g/mol. The first-order chi connectivity index (χ1) is 12.4. The normalized spacial score (nSPS) is 11.4. The van der Waals surface area contributed by atoms with E-state index in [1.165, 1.54) is 74.1 Å². The minimum Gasteiger partial charge on any atom is -0.254 e. The fourth-order valence-corrected chi connectivity index (χ4v) is 3.66.